The van der Waals surface area contributed by atoms with Gasteiger partial charge in [0, 0.05) is 43.8 Å². The number of amides is 1. The van der Waals surface area contributed by atoms with Crippen LogP contribution in [0.1, 0.15) is 51.7 Å². The van der Waals surface area contributed by atoms with Gasteiger partial charge in [0.25, 0.3) is 5.91 Å². The first-order valence-electron chi connectivity index (χ1n) is 12.4. The van der Waals surface area contributed by atoms with E-state index in [2.05, 4.69) is 5.32 Å². The number of ether oxygens (including phenoxy) is 2. The number of carbonyl (C=O) groups is 1. The summed E-state index contributed by atoms with van der Waals surface area (Å²) in [6.07, 6.45) is -9.21. The summed E-state index contributed by atoms with van der Waals surface area (Å²) in [4.78, 5) is 13.2. The predicted molar refractivity (Wildman–Crippen MR) is 132 cm³/mol. The Morgan fingerprint density at radius 3 is 2.38 bits per heavy atom. The average Bonchev–Trinajstić information content (AvgIpc) is 3.52. The largest absolute Gasteiger partial charge is 0.417 e. The number of hydrogen-bond donors (Lipinski definition) is 1. The number of nitrogens with zero attached hydrogens (tertiary/aromatic N) is 1. The molecule has 0 spiro atoms. The molecule has 39 heavy (non-hydrogen) atoms. The molecule has 0 aliphatic carbocycles. The van der Waals surface area contributed by atoms with Crippen LogP contribution in [0, 0.1) is 6.92 Å². The number of benzene rings is 2. The van der Waals surface area contributed by atoms with Crippen molar-refractivity contribution in [3.05, 3.63) is 82.5 Å². The molecule has 3 aromatic rings. The summed E-state index contributed by atoms with van der Waals surface area (Å²) in [6, 6.07) is 11.7. The molecule has 2 heterocycles. The number of nitrogens with one attached hydrogen (secondary N) is 1. The fraction of sp³-hybridized carbons (Fsp3) is 0.393. The number of carbonyl (C=O) groups excluding carboxylic acids is 1. The monoisotopic (exact) mass is 554 g/mol. The highest BCUT2D eigenvalue weighted by Crippen LogP contribution is 2.42. The molecule has 1 aliphatic heterocycles. The second-order valence-corrected chi connectivity index (χ2v) is 9.38. The molecule has 0 radical (unpaired) electrons. The van der Waals surface area contributed by atoms with Crippen molar-refractivity contribution in [2.24, 2.45) is 0 Å². The van der Waals surface area contributed by atoms with Crippen molar-refractivity contribution in [3.63, 3.8) is 0 Å². The Labute approximate surface area is 221 Å². The summed E-state index contributed by atoms with van der Waals surface area (Å²) >= 11 is 0. The molecule has 1 unspecified atom stereocenters. The zero-order chi connectivity index (χ0) is 28.4. The Kier molecular flexibility index (Phi) is 8.41. The van der Waals surface area contributed by atoms with Crippen molar-refractivity contribution < 1.29 is 40.6 Å². The van der Waals surface area contributed by atoms with Crippen LogP contribution in [-0.2, 0) is 28.4 Å². The molecule has 1 fully saturated rings. The van der Waals surface area contributed by atoms with Crippen LogP contribution in [-0.4, -0.2) is 36.8 Å². The summed E-state index contributed by atoms with van der Waals surface area (Å²) in [7, 11) is 1.48. The molecule has 1 amide bonds. The third kappa shape index (κ3) is 6.47. The van der Waals surface area contributed by atoms with E-state index in [-0.39, 0.29) is 30.5 Å². The van der Waals surface area contributed by atoms with Crippen molar-refractivity contribution in [2.75, 3.05) is 20.3 Å². The minimum Gasteiger partial charge on any atom is -0.376 e. The van der Waals surface area contributed by atoms with E-state index in [1.807, 2.05) is 30.3 Å². The maximum absolute atomic E-state index is 14.0. The molecule has 0 bridgehead atoms. The first-order chi connectivity index (χ1) is 18.4. The van der Waals surface area contributed by atoms with Gasteiger partial charge < -0.3 is 19.4 Å². The third-order valence-electron chi connectivity index (χ3n) is 6.85. The van der Waals surface area contributed by atoms with Crippen molar-refractivity contribution >= 4 is 5.91 Å². The normalized spacial score (nSPS) is 16.9. The Bertz CT molecular complexity index is 1300. The second-order valence-electron chi connectivity index (χ2n) is 9.38. The van der Waals surface area contributed by atoms with Crippen LogP contribution in [0.4, 0.5) is 26.3 Å². The van der Waals surface area contributed by atoms with Crippen molar-refractivity contribution in [1.29, 1.82) is 0 Å². The van der Waals surface area contributed by atoms with Gasteiger partial charge in [-0.3, -0.25) is 4.79 Å². The van der Waals surface area contributed by atoms with E-state index >= 15 is 0 Å². The lowest BCUT2D eigenvalue weighted by molar-refractivity contribution is -0.141. The molecule has 210 valence electrons. The number of rotatable bonds is 8. The predicted octanol–water partition coefficient (Wildman–Crippen LogP) is 6.80. The number of halogens is 6. The van der Waals surface area contributed by atoms with E-state index in [0.29, 0.717) is 36.9 Å². The molecule has 1 aromatic heterocycles. The topological polar surface area (TPSA) is 52.5 Å². The van der Waals surface area contributed by atoms with Crippen LogP contribution in [0.25, 0.3) is 11.3 Å². The smallest absolute Gasteiger partial charge is 0.376 e. The molecule has 2 atom stereocenters. The summed E-state index contributed by atoms with van der Waals surface area (Å²) in [5, 5.41) is 2.74. The maximum Gasteiger partial charge on any atom is 0.417 e. The van der Waals surface area contributed by atoms with Gasteiger partial charge in [0.2, 0.25) is 0 Å². The van der Waals surface area contributed by atoms with E-state index in [1.54, 1.807) is 6.92 Å². The van der Waals surface area contributed by atoms with Crippen LogP contribution < -0.4 is 5.32 Å². The van der Waals surface area contributed by atoms with Gasteiger partial charge in [0.05, 0.1) is 28.9 Å². The lowest BCUT2D eigenvalue weighted by Gasteiger charge is -2.20. The Balaban J connectivity index is 1.76. The van der Waals surface area contributed by atoms with Crippen LogP contribution in [0.5, 0.6) is 0 Å². The number of alkyl halides is 6. The van der Waals surface area contributed by atoms with Crippen LogP contribution in [0.3, 0.4) is 0 Å². The van der Waals surface area contributed by atoms with Crippen LogP contribution >= 0.6 is 0 Å². The fourth-order valence-corrected chi connectivity index (χ4v) is 4.79. The SMILES string of the molecule is COC(CNC(=O)c1cc(-c2cc(C(F)(F)F)ccc2C(F)(F)F)n(C[C@H]2CCCO2)c1C)c1ccccc1. The van der Waals surface area contributed by atoms with Gasteiger partial charge in [-0.2, -0.15) is 26.3 Å². The Hall–Kier alpha value is -3.31. The number of hydrogen-bond acceptors (Lipinski definition) is 3. The van der Waals surface area contributed by atoms with E-state index in [1.165, 1.54) is 17.7 Å². The number of methoxy groups -OCH3 is 1. The van der Waals surface area contributed by atoms with Gasteiger partial charge in [0.15, 0.2) is 0 Å². The maximum atomic E-state index is 14.0. The van der Waals surface area contributed by atoms with E-state index in [9.17, 15) is 31.1 Å². The first kappa shape index (κ1) is 28.7. The molecule has 0 saturated carbocycles. The highest BCUT2D eigenvalue weighted by molar-refractivity contribution is 5.97. The zero-order valence-electron chi connectivity index (χ0n) is 21.3. The van der Waals surface area contributed by atoms with Crippen LogP contribution in [0.15, 0.2) is 54.6 Å². The molecule has 1 saturated heterocycles. The van der Waals surface area contributed by atoms with Gasteiger partial charge in [-0.25, -0.2) is 0 Å². The fourth-order valence-electron chi connectivity index (χ4n) is 4.79. The highest BCUT2D eigenvalue weighted by Gasteiger charge is 2.38. The third-order valence-corrected chi connectivity index (χ3v) is 6.85. The quantitative estimate of drug-likeness (QED) is 0.312. The Morgan fingerprint density at radius 1 is 1.08 bits per heavy atom. The molecule has 2 aromatic carbocycles. The van der Waals surface area contributed by atoms with Crippen molar-refractivity contribution in [2.45, 2.75) is 50.9 Å². The van der Waals surface area contributed by atoms with Gasteiger partial charge in [-0.05, 0) is 49.6 Å². The molecular formula is C28H28F6N2O3. The van der Waals surface area contributed by atoms with E-state index < -0.39 is 41.1 Å². The standard InChI is InChI=1S/C28H28F6N2O3/c1-17-21(26(37)35-15-25(38-2)18-7-4-3-5-8-18)14-24(36(17)16-20-9-6-12-39-20)22-13-19(27(29,30)31)10-11-23(22)28(32,33)34/h3-5,7-8,10-11,13-14,20,25H,6,9,12,15-16H2,1-2H3,(H,35,37)/t20-,25?/m1/s1. The lowest BCUT2D eigenvalue weighted by atomic mass is 9.99. The Morgan fingerprint density at radius 2 is 1.79 bits per heavy atom. The van der Waals surface area contributed by atoms with Crippen LogP contribution in [0.2, 0.25) is 0 Å². The number of aromatic nitrogens is 1. The summed E-state index contributed by atoms with van der Waals surface area (Å²) in [6.45, 7) is 2.19. The minimum absolute atomic E-state index is 0.0523. The van der Waals surface area contributed by atoms with Crippen molar-refractivity contribution in [3.8, 4) is 11.3 Å². The summed E-state index contributed by atoms with van der Waals surface area (Å²) in [5.74, 6) is -0.585. The minimum atomic E-state index is -4.92. The second kappa shape index (κ2) is 11.4. The molecule has 11 heteroatoms. The van der Waals surface area contributed by atoms with Gasteiger partial charge >= 0.3 is 12.4 Å². The average molecular weight is 555 g/mol. The summed E-state index contributed by atoms with van der Waals surface area (Å²) in [5.41, 5.74) is -2.06. The highest BCUT2D eigenvalue weighted by atomic mass is 19.4. The van der Waals surface area contributed by atoms with E-state index in [4.69, 9.17) is 9.47 Å². The molecule has 1 N–H and O–H groups in total. The molecule has 4 rings (SSSR count). The molecular weight excluding hydrogens is 526 g/mol. The van der Waals surface area contributed by atoms with Gasteiger partial charge in [-0.1, -0.05) is 30.3 Å². The zero-order valence-corrected chi connectivity index (χ0v) is 21.3. The molecule has 5 nitrogen and oxygen atoms in total. The summed E-state index contributed by atoms with van der Waals surface area (Å²) < 4.78 is 95.0. The van der Waals surface area contributed by atoms with Gasteiger partial charge in [-0.15, -0.1) is 0 Å². The lowest BCUT2D eigenvalue weighted by Crippen LogP contribution is -2.29. The molecule has 1 aliphatic rings. The van der Waals surface area contributed by atoms with E-state index in [0.717, 1.165) is 12.0 Å². The van der Waals surface area contributed by atoms with Gasteiger partial charge in [0.1, 0.15) is 0 Å². The first-order valence-corrected chi connectivity index (χ1v) is 12.4. The van der Waals surface area contributed by atoms with Crippen molar-refractivity contribution in [1.82, 2.24) is 9.88 Å².